The van der Waals surface area contributed by atoms with E-state index in [1.165, 1.54) is 18.4 Å². The standard InChI is InChI=1S/C11H15NO3S/c1-7(2)6-8(12-14)9-4-5-10(16-9)11(13)15-3/h4-5,7-8H,6H2,1-3H3. The van der Waals surface area contributed by atoms with Crippen LogP contribution in [0.2, 0.25) is 0 Å². The second kappa shape index (κ2) is 5.75. The van der Waals surface area contributed by atoms with Crippen LogP contribution in [-0.4, -0.2) is 13.1 Å². The first kappa shape index (κ1) is 12.8. The maximum atomic E-state index is 11.2. The van der Waals surface area contributed by atoms with Crippen LogP contribution < -0.4 is 0 Å². The summed E-state index contributed by atoms with van der Waals surface area (Å²) in [5, 5.41) is 3.11. The van der Waals surface area contributed by atoms with E-state index in [-0.39, 0.29) is 12.0 Å². The molecule has 4 nitrogen and oxygen atoms in total. The molecular formula is C11H15NO3S. The van der Waals surface area contributed by atoms with Crippen LogP contribution in [0.15, 0.2) is 17.3 Å². The van der Waals surface area contributed by atoms with Crippen LogP contribution in [0.25, 0.3) is 0 Å². The summed E-state index contributed by atoms with van der Waals surface area (Å²) >= 11 is 1.27. The number of hydrogen-bond acceptors (Lipinski definition) is 5. The Hall–Kier alpha value is -1.23. The second-order valence-corrected chi connectivity index (χ2v) is 5.06. The first-order valence-electron chi connectivity index (χ1n) is 5.09. The molecule has 0 amide bonds. The summed E-state index contributed by atoms with van der Waals surface area (Å²) in [6, 6.07) is 3.08. The van der Waals surface area contributed by atoms with Gasteiger partial charge in [-0.3, -0.25) is 0 Å². The van der Waals surface area contributed by atoms with Gasteiger partial charge in [-0.25, -0.2) is 4.79 Å². The van der Waals surface area contributed by atoms with Crippen molar-refractivity contribution in [3.05, 3.63) is 26.8 Å². The van der Waals surface area contributed by atoms with Crippen molar-refractivity contribution in [3.8, 4) is 0 Å². The molecule has 0 saturated heterocycles. The molecule has 0 aliphatic heterocycles. The highest BCUT2D eigenvalue weighted by molar-refractivity contribution is 7.14. The number of nitroso groups, excluding NO2 is 1. The first-order chi connectivity index (χ1) is 7.58. The van der Waals surface area contributed by atoms with Crippen LogP contribution in [0, 0.1) is 10.8 Å². The average molecular weight is 241 g/mol. The number of carbonyl (C=O) groups excluding carboxylic acids is 1. The molecule has 0 aliphatic rings. The first-order valence-corrected chi connectivity index (χ1v) is 5.90. The number of rotatable bonds is 5. The molecule has 1 heterocycles. The number of thiophene rings is 1. The highest BCUT2D eigenvalue weighted by Crippen LogP contribution is 2.30. The third-order valence-corrected chi connectivity index (χ3v) is 3.33. The van der Waals surface area contributed by atoms with Crippen molar-refractivity contribution < 1.29 is 9.53 Å². The molecule has 0 saturated carbocycles. The Labute approximate surface area is 98.6 Å². The summed E-state index contributed by atoms with van der Waals surface area (Å²) in [6.45, 7) is 4.07. The molecule has 0 bridgehead atoms. The number of ether oxygens (including phenoxy) is 1. The normalized spacial score (nSPS) is 12.5. The van der Waals surface area contributed by atoms with Crippen LogP contribution in [0.1, 0.15) is 40.9 Å². The van der Waals surface area contributed by atoms with Gasteiger partial charge in [0.2, 0.25) is 0 Å². The zero-order valence-corrected chi connectivity index (χ0v) is 10.4. The van der Waals surface area contributed by atoms with Crippen molar-refractivity contribution in [2.75, 3.05) is 7.11 Å². The largest absolute Gasteiger partial charge is 0.465 e. The van der Waals surface area contributed by atoms with Gasteiger partial charge in [-0.1, -0.05) is 19.0 Å². The number of esters is 1. The van der Waals surface area contributed by atoms with Gasteiger partial charge in [-0.05, 0) is 24.5 Å². The topological polar surface area (TPSA) is 55.7 Å². The van der Waals surface area contributed by atoms with E-state index >= 15 is 0 Å². The van der Waals surface area contributed by atoms with Crippen LogP contribution in [0.4, 0.5) is 0 Å². The quantitative estimate of drug-likeness (QED) is 0.586. The minimum Gasteiger partial charge on any atom is -0.465 e. The molecule has 1 aromatic rings. The molecule has 1 unspecified atom stereocenters. The number of hydrogen-bond donors (Lipinski definition) is 0. The van der Waals surface area contributed by atoms with E-state index < -0.39 is 0 Å². The number of nitrogens with zero attached hydrogens (tertiary/aromatic N) is 1. The predicted molar refractivity (Wildman–Crippen MR) is 63.6 cm³/mol. The summed E-state index contributed by atoms with van der Waals surface area (Å²) in [6.07, 6.45) is 0.699. The van der Waals surface area contributed by atoms with Crippen LogP contribution in [0.5, 0.6) is 0 Å². The van der Waals surface area contributed by atoms with Crippen molar-refractivity contribution in [1.82, 2.24) is 0 Å². The van der Waals surface area contributed by atoms with Gasteiger partial charge >= 0.3 is 5.97 Å². The molecule has 16 heavy (non-hydrogen) atoms. The van der Waals surface area contributed by atoms with Crippen molar-refractivity contribution >= 4 is 17.3 Å². The Morgan fingerprint density at radius 1 is 1.50 bits per heavy atom. The van der Waals surface area contributed by atoms with E-state index in [1.54, 1.807) is 12.1 Å². The van der Waals surface area contributed by atoms with E-state index in [0.29, 0.717) is 17.2 Å². The molecular weight excluding hydrogens is 226 g/mol. The highest BCUT2D eigenvalue weighted by atomic mass is 32.1. The molecule has 5 heteroatoms. The minimum atomic E-state index is -0.370. The van der Waals surface area contributed by atoms with E-state index in [9.17, 15) is 9.70 Å². The summed E-state index contributed by atoms with van der Waals surface area (Å²) in [4.78, 5) is 23.3. The van der Waals surface area contributed by atoms with Crippen molar-refractivity contribution in [1.29, 1.82) is 0 Å². The zero-order chi connectivity index (χ0) is 12.1. The lowest BCUT2D eigenvalue weighted by atomic mass is 10.0. The fraction of sp³-hybridized carbons (Fsp3) is 0.545. The monoisotopic (exact) mass is 241 g/mol. The maximum absolute atomic E-state index is 11.2. The molecule has 0 aliphatic carbocycles. The average Bonchev–Trinajstić information content (AvgIpc) is 2.73. The Kier molecular flexibility index (Phi) is 4.61. The predicted octanol–water partition coefficient (Wildman–Crippen LogP) is 3.39. The molecule has 0 fully saturated rings. The van der Waals surface area contributed by atoms with Gasteiger partial charge in [0.05, 0.1) is 7.11 Å². The molecule has 88 valence electrons. The zero-order valence-electron chi connectivity index (χ0n) is 9.60. The molecule has 1 atom stereocenters. The van der Waals surface area contributed by atoms with Gasteiger partial charge < -0.3 is 4.74 Å². The van der Waals surface area contributed by atoms with E-state index in [2.05, 4.69) is 9.91 Å². The van der Waals surface area contributed by atoms with Gasteiger partial charge in [0, 0.05) is 4.88 Å². The van der Waals surface area contributed by atoms with E-state index in [4.69, 9.17) is 0 Å². The fourth-order valence-corrected chi connectivity index (χ4v) is 2.37. The fourth-order valence-electron chi connectivity index (χ4n) is 1.40. The van der Waals surface area contributed by atoms with Gasteiger partial charge in [0.1, 0.15) is 10.9 Å². The molecule has 0 spiro atoms. The van der Waals surface area contributed by atoms with Crippen molar-refractivity contribution in [2.24, 2.45) is 11.1 Å². The maximum Gasteiger partial charge on any atom is 0.348 e. The molecule has 0 N–H and O–H groups in total. The van der Waals surface area contributed by atoms with Crippen molar-refractivity contribution in [2.45, 2.75) is 26.3 Å². The summed E-state index contributed by atoms with van der Waals surface area (Å²) in [5.74, 6) is 0.0248. The van der Waals surface area contributed by atoms with Gasteiger partial charge in [0.25, 0.3) is 0 Å². The molecule has 1 rings (SSSR count). The van der Waals surface area contributed by atoms with Gasteiger partial charge in [-0.15, -0.1) is 11.3 Å². The lowest BCUT2D eigenvalue weighted by Gasteiger charge is -2.08. The van der Waals surface area contributed by atoms with Gasteiger partial charge in [0.15, 0.2) is 0 Å². The summed E-state index contributed by atoms with van der Waals surface area (Å²) in [7, 11) is 1.34. The third-order valence-electron chi connectivity index (χ3n) is 2.16. The van der Waals surface area contributed by atoms with E-state index in [0.717, 1.165) is 4.88 Å². The Bertz CT molecular complexity index is 373. The van der Waals surface area contributed by atoms with Crippen molar-refractivity contribution in [3.63, 3.8) is 0 Å². The minimum absolute atomic E-state index is 0.358. The number of methoxy groups -OCH3 is 1. The molecule has 0 aromatic carbocycles. The Morgan fingerprint density at radius 2 is 2.19 bits per heavy atom. The Balaban J connectivity index is 2.82. The van der Waals surface area contributed by atoms with Crippen LogP contribution in [-0.2, 0) is 4.74 Å². The van der Waals surface area contributed by atoms with Gasteiger partial charge in [-0.2, -0.15) is 4.91 Å². The lowest BCUT2D eigenvalue weighted by Crippen LogP contribution is -1.98. The van der Waals surface area contributed by atoms with Crippen LogP contribution in [0.3, 0.4) is 0 Å². The third kappa shape index (κ3) is 3.13. The smallest absolute Gasteiger partial charge is 0.348 e. The Morgan fingerprint density at radius 3 is 2.69 bits per heavy atom. The van der Waals surface area contributed by atoms with Crippen LogP contribution >= 0.6 is 11.3 Å². The second-order valence-electron chi connectivity index (χ2n) is 3.94. The highest BCUT2D eigenvalue weighted by Gasteiger charge is 2.18. The summed E-state index contributed by atoms with van der Waals surface area (Å²) in [5.41, 5.74) is 0. The lowest BCUT2D eigenvalue weighted by molar-refractivity contribution is 0.0606. The number of carbonyl (C=O) groups is 1. The SMILES string of the molecule is COC(=O)c1ccc(C(CC(C)C)N=O)s1. The molecule has 0 radical (unpaired) electrons. The summed E-state index contributed by atoms with van der Waals surface area (Å²) < 4.78 is 4.61. The van der Waals surface area contributed by atoms with E-state index in [1.807, 2.05) is 13.8 Å². The molecule has 1 aromatic heterocycles.